The molecule has 7 nitrogen and oxygen atoms in total. The highest BCUT2D eigenvalue weighted by molar-refractivity contribution is 7.12. The summed E-state index contributed by atoms with van der Waals surface area (Å²) in [5.74, 6) is -0.525. The Labute approximate surface area is 181 Å². The second kappa shape index (κ2) is 10.2. The number of thiophene rings is 1. The third-order valence-electron chi connectivity index (χ3n) is 5.23. The highest BCUT2D eigenvalue weighted by atomic mass is 32.1. The van der Waals surface area contributed by atoms with E-state index in [4.69, 9.17) is 0 Å². The van der Waals surface area contributed by atoms with Gasteiger partial charge in [0.15, 0.2) is 0 Å². The van der Waals surface area contributed by atoms with E-state index in [1.807, 2.05) is 25.3 Å². The van der Waals surface area contributed by atoms with Crippen molar-refractivity contribution in [2.75, 3.05) is 36.8 Å². The number of hydrogen-bond acceptors (Lipinski definition) is 4. The van der Waals surface area contributed by atoms with Gasteiger partial charge in [-0.1, -0.05) is 12.1 Å². The quantitative estimate of drug-likeness (QED) is 0.726. The second-order valence-corrected chi connectivity index (χ2v) is 8.19. The van der Waals surface area contributed by atoms with Gasteiger partial charge in [0, 0.05) is 37.6 Å². The molecule has 4 amide bonds. The maximum Gasteiger partial charge on any atom is 0.320 e. The Bertz CT molecular complexity index is 880. The van der Waals surface area contributed by atoms with Crippen molar-refractivity contribution in [3.63, 3.8) is 0 Å². The normalized spacial score (nSPS) is 16.1. The van der Waals surface area contributed by atoms with Crippen LogP contribution in [0.1, 0.15) is 36.4 Å². The van der Waals surface area contributed by atoms with Crippen LogP contribution in [0.15, 0.2) is 41.8 Å². The van der Waals surface area contributed by atoms with E-state index in [2.05, 4.69) is 10.6 Å². The molecule has 1 atom stereocenters. The largest absolute Gasteiger partial charge is 0.326 e. The first-order valence-electron chi connectivity index (χ1n) is 10.3. The molecule has 8 heteroatoms. The van der Waals surface area contributed by atoms with Gasteiger partial charge in [-0.15, -0.1) is 11.3 Å². The zero-order valence-corrected chi connectivity index (χ0v) is 18.2. The molecular weight excluding hydrogens is 400 g/mol. The molecule has 0 spiro atoms. The Morgan fingerprint density at radius 1 is 1.10 bits per heavy atom. The monoisotopic (exact) mass is 428 g/mol. The van der Waals surface area contributed by atoms with Crippen LogP contribution in [0.5, 0.6) is 0 Å². The molecule has 1 fully saturated rings. The predicted molar refractivity (Wildman–Crippen MR) is 120 cm³/mol. The Balaban J connectivity index is 1.60. The summed E-state index contributed by atoms with van der Waals surface area (Å²) in [7, 11) is 0. The molecule has 0 radical (unpaired) electrons. The summed E-state index contributed by atoms with van der Waals surface area (Å²) in [5, 5.41) is 7.64. The third-order valence-corrected chi connectivity index (χ3v) is 6.10. The number of amides is 4. The van der Waals surface area contributed by atoms with Crippen molar-refractivity contribution in [2.45, 2.75) is 26.7 Å². The van der Waals surface area contributed by atoms with Crippen LogP contribution < -0.4 is 10.6 Å². The first kappa shape index (κ1) is 21.8. The number of nitrogens with one attached hydrogen (secondary N) is 2. The molecule has 2 N–H and O–H groups in total. The van der Waals surface area contributed by atoms with Crippen molar-refractivity contribution in [3.05, 3.63) is 46.7 Å². The molecule has 3 rings (SSSR count). The smallest absolute Gasteiger partial charge is 0.320 e. The number of nitrogens with zero attached hydrogens (tertiary/aromatic N) is 2. The molecule has 1 aromatic carbocycles. The van der Waals surface area contributed by atoms with E-state index in [1.165, 1.54) is 11.3 Å². The standard InChI is InChI=1S/C22H28N4O3S/c1-3-25(4-2)22(29)26-12-6-8-16(15-26)20(27)23-17-9-5-10-18(14-17)24-21(28)19-11-7-13-30-19/h5,7,9-11,13-14,16H,3-4,6,8,12,15H2,1-2H3,(H,23,27)(H,24,28). The Kier molecular flexibility index (Phi) is 7.46. The van der Waals surface area contributed by atoms with Crippen LogP contribution in [0.3, 0.4) is 0 Å². The highest BCUT2D eigenvalue weighted by Gasteiger charge is 2.30. The van der Waals surface area contributed by atoms with Gasteiger partial charge in [-0.05, 0) is 56.3 Å². The fourth-order valence-electron chi connectivity index (χ4n) is 3.58. The maximum absolute atomic E-state index is 12.8. The molecule has 1 saturated heterocycles. The zero-order chi connectivity index (χ0) is 21.5. The van der Waals surface area contributed by atoms with Crippen LogP contribution in [0, 0.1) is 5.92 Å². The number of anilines is 2. The summed E-state index contributed by atoms with van der Waals surface area (Å²) in [6.45, 7) is 6.35. The lowest BCUT2D eigenvalue weighted by Crippen LogP contribution is -2.49. The van der Waals surface area contributed by atoms with Gasteiger partial charge < -0.3 is 20.4 Å². The van der Waals surface area contributed by atoms with E-state index in [1.54, 1.807) is 40.1 Å². The topological polar surface area (TPSA) is 81.8 Å². The fraction of sp³-hybridized carbons (Fsp3) is 0.409. The molecule has 160 valence electrons. The van der Waals surface area contributed by atoms with Gasteiger partial charge in [0.25, 0.3) is 5.91 Å². The summed E-state index contributed by atoms with van der Waals surface area (Å²) < 4.78 is 0. The molecule has 1 aliphatic rings. The molecule has 1 aromatic heterocycles. The summed E-state index contributed by atoms with van der Waals surface area (Å²) >= 11 is 1.37. The first-order valence-corrected chi connectivity index (χ1v) is 11.2. The van der Waals surface area contributed by atoms with Crippen molar-refractivity contribution < 1.29 is 14.4 Å². The molecule has 30 heavy (non-hydrogen) atoms. The van der Waals surface area contributed by atoms with Crippen LogP contribution in [0.2, 0.25) is 0 Å². The number of hydrogen-bond donors (Lipinski definition) is 2. The SMILES string of the molecule is CCN(CC)C(=O)N1CCCC(C(=O)Nc2cccc(NC(=O)c3cccs3)c2)C1. The van der Waals surface area contributed by atoms with Gasteiger partial charge in [0.1, 0.15) is 0 Å². The van der Waals surface area contributed by atoms with Gasteiger partial charge in [0.05, 0.1) is 10.8 Å². The lowest BCUT2D eigenvalue weighted by molar-refractivity contribution is -0.121. The molecule has 0 aliphatic carbocycles. The molecule has 2 heterocycles. The first-order chi connectivity index (χ1) is 14.5. The third kappa shape index (κ3) is 5.38. The van der Waals surface area contributed by atoms with E-state index >= 15 is 0 Å². The summed E-state index contributed by atoms with van der Waals surface area (Å²) in [5.41, 5.74) is 1.24. The van der Waals surface area contributed by atoms with E-state index in [0.717, 1.165) is 12.8 Å². The van der Waals surface area contributed by atoms with Crippen molar-refractivity contribution in [2.24, 2.45) is 5.92 Å². The molecular formula is C22H28N4O3S. The predicted octanol–water partition coefficient (Wildman–Crippen LogP) is 4.11. The van der Waals surface area contributed by atoms with Gasteiger partial charge in [-0.25, -0.2) is 4.79 Å². The van der Waals surface area contributed by atoms with Crippen molar-refractivity contribution in [3.8, 4) is 0 Å². The highest BCUT2D eigenvalue weighted by Crippen LogP contribution is 2.22. The van der Waals surface area contributed by atoms with E-state index in [0.29, 0.717) is 42.4 Å². The molecule has 2 aromatic rings. The van der Waals surface area contributed by atoms with Crippen LogP contribution in [-0.4, -0.2) is 53.8 Å². The second-order valence-electron chi connectivity index (χ2n) is 7.24. The van der Waals surface area contributed by atoms with Gasteiger partial charge in [0.2, 0.25) is 5.91 Å². The Morgan fingerprint density at radius 2 is 1.83 bits per heavy atom. The van der Waals surface area contributed by atoms with E-state index in [-0.39, 0.29) is 23.8 Å². The van der Waals surface area contributed by atoms with Gasteiger partial charge in [-0.2, -0.15) is 0 Å². The average Bonchev–Trinajstić information content (AvgIpc) is 3.30. The van der Waals surface area contributed by atoms with E-state index < -0.39 is 0 Å². The number of likely N-dealkylation sites (tertiary alicyclic amines) is 1. The van der Waals surface area contributed by atoms with Gasteiger partial charge >= 0.3 is 6.03 Å². The maximum atomic E-state index is 12.8. The van der Waals surface area contributed by atoms with Crippen molar-refractivity contribution in [1.82, 2.24) is 9.80 Å². The number of carbonyl (C=O) groups is 3. The molecule has 1 unspecified atom stereocenters. The molecule has 1 aliphatic heterocycles. The van der Waals surface area contributed by atoms with Crippen molar-refractivity contribution in [1.29, 1.82) is 0 Å². The minimum absolute atomic E-state index is 0.00390. The minimum Gasteiger partial charge on any atom is -0.326 e. The number of carbonyl (C=O) groups excluding carboxylic acids is 3. The van der Waals surface area contributed by atoms with Crippen molar-refractivity contribution >= 4 is 40.6 Å². The summed E-state index contributed by atoms with van der Waals surface area (Å²) in [4.78, 5) is 41.8. The van der Waals surface area contributed by atoms with Gasteiger partial charge in [-0.3, -0.25) is 9.59 Å². The van der Waals surface area contributed by atoms with Crippen LogP contribution in [0.4, 0.5) is 16.2 Å². The average molecular weight is 429 g/mol. The lowest BCUT2D eigenvalue weighted by Gasteiger charge is -2.35. The number of piperidine rings is 1. The number of urea groups is 1. The number of rotatable bonds is 6. The van der Waals surface area contributed by atoms with E-state index in [9.17, 15) is 14.4 Å². The summed E-state index contributed by atoms with van der Waals surface area (Å²) in [6, 6.07) is 10.7. The molecule has 0 bridgehead atoms. The fourth-order valence-corrected chi connectivity index (χ4v) is 4.20. The lowest BCUT2D eigenvalue weighted by atomic mass is 9.97. The van der Waals surface area contributed by atoms with Crippen LogP contribution >= 0.6 is 11.3 Å². The zero-order valence-electron chi connectivity index (χ0n) is 17.4. The van der Waals surface area contributed by atoms with Crippen LogP contribution in [0.25, 0.3) is 0 Å². The number of benzene rings is 1. The minimum atomic E-state index is -0.248. The summed E-state index contributed by atoms with van der Waals surface area (Å²) in [6.07, 6.45) is 1.56. The Hall–Kier alpha value is -2.87. The molecule has 0 saturated carbocycles. The van der Waals surface area contributed by atoms with Crippen LogP contribution in [-0.2, 0) is 4.79 Å². The Morgan fingerprint density at radius 3 is 2.50 bits per heavy atom.